The van der Waals surface area contributed by atoms with Crippen LogP contribution < -0.4 is 14.4 Å². The first-order valence-corrected chi connectivity index (χ1v) is 35.6. The van der Waals surface area contributed by atoms with E-state index in [0.717, 1.165) is 89.0 Å². The van der Waals surface area contributed by atoms with Gasteiger partial charge in [-0.1, -0.05) is 252 Å². The molecule has 0 amide bonds. The number of nitriles is 1. The van der Waals surface area contributed by atoms with Gasteiger partial charge in [0.25, 0.3) is 0 Å². The van der Waals surface area contributed by atoms with E-state index in [2.05, 4.69) is 86.4 Å². The zero-order valence-electron chi connectivity index (χ0n) is 63.8. The van der Waals surface area contributed by atoms with Crippen molar-refractivity contribution in [1.82, 2.24) is 0 Å². The average molecular weight is 1370 g/mol. The van der Waals surface area contributed by atoms with Crippen LogP contribution in [0.4, 0.5) is 11.4 Å². The molecule has 0 radical (unpaired) electrons. The SMILES string of the molecule is CC(C)(C)c1ccc(OC(=O)c2cc(C(C)(C)C)c(O)c(C(C)(C)C)c2)c(C(C)(C)C)c1.CCCCC(CC)COC(=O)/C=C\c1ccc(OC)cc1.CCCCC(CC)COC(=O)C(C#N)=C(c1ccccc1)c1ccccc1.CCOC(=O)c1ccc(N=CN(C)c2ccccc2)cc1. The number of methoxy groups -OCH3 is 1. The third kappa shape index (κ3) is 28.2. The number of hydrogen-bond donors (Lipinski definition) is 1. The summed E-state index contributed by atoms with van der Waals surface area (Å²) in [7, 11) is 3.57. The zero-order valence-corrected chi connectivity index (χ0v) is 63.8. The van der Waals surface area contributed by atoms with E-state index < -0.39 is 11.9 Å². The minimum Gasteiger partial charge on any atom is -0.507 e. The molecule has 0 bridgehead atoms. The molecule has 2 unspecified atom stereocenters. The summed E-state index contributed by atoms with van der Waals surface area (Å²) >= 11 is 0. The Kier molecular flexibility index (Phi) is 34.3. The minimum absolute atomic E-state index is 0.00269. The first-order chi connectivity index (χ1) is 47.8. The maximum absolute atomic E-state index is 13.3. The number of phenolic OH excluding ortho intramolecular Hbond substituents is 1. The van der Waals surface area contributed by atoms with E-state index >= 15 is 0 Å². The van der Waals surface area contributed by atoms with Crippen LogP contribution in [0, 0.1) is 23.2 Å². The maximum Gasteiger partial charge on any atom is 0.349 e. The van der Waals surface area contributed by atoms with Crippen LogP contribution in [0.1, 0.15) is 229 Å². The second-order valence-electron chi connectivity index (χ2n) is 29.2. The van der Waals surface area contributed by atoms with E-state index in [-0.39, 0.29) is 44.9 Å². The van der Waals surface area contributed by atoms with Gasteiger partial charge in [0, 0.05) is 41.1 Å². The van der Waals surface area contributed by atoms with Crippen molar-refractivity contribution < 1.29 is 48.0 Å². The van der Waals surface area contributed by atoms with Crippen molar-refractivity contribution in [3.05, 3.63) is 232 Å². The van der Waals surface area contributed by atoms with Gasteiger partial charge in [0.15, 0.2) is 0 Å². The Hall–Kier alpha value is -9.54. The van der Waals surface area contributed by atoms with Crippen molar-refractivity contribution >= 4 is 53.2 Å². The molecular weight excluding hydrogens is 1260 g/mol. The van der Waals surface area contributed by atoms with Gasteiger partial charge in [-0.3, -0.25) is 0 Å². The Morgan fingerprint density at radius 3 is 1.50 bits per heavy atom. The fraction of sp³-hybridized carbons (Fsp3) is 0.409. The van der Waals surface area contributed by atoms with Crippen LogP contribution in [-0.4, -0.2) is 69.3 Å². The predicted octanol–water partition coefficient (Wildman–Crippen LogP) is 21.7. The summed E-state index contributed by atoms with van der Waals surface area (Å²) in [6.07, 6.45) is 13.8. The molecule has 0 spiro atoms. The molecule has 1 N–H and O–H groups in total. The maximum atomic E-state index is 13.3. The van der Waals surface area contributed by atoms with Gasteiger partial charge in [0.1, 0.15) is 28.9 Å². The lowest BCUT2D eigenvalue weighted by atomic mass is 9.78. The molecule has 0 aliphatic carbocycles. The topological polar surface area (TPSA) is 174 Å². The lowest BCUT2D eigenvalue weighted by molar-refractivity contribution is -0.140. The molecule has 7 aromatic rings. The molecule has 7 rings (SSSR count). The van der Waals surface area contributed by atoms with Gasteiger partial charge in [-0.25, -0.2) is 24.2 Å². The van der Waals surface area contributed by atoms with Gasteiger partial charge in [-0.2, -0.15) is 5.26 Å². The number of hydrogen-bond acceptors (Lipinski definition) is 12. The van der Waals surface area contributed by atoms with E-state index in [4.69, 9.17) is 23.7 Å². The van der Waals surface area contributed by atoms with Gasteiger partial charge in [0.05, 0.1) is 50.1 Å². The van der Waals surface area contributed by atoms with Crippen molar-refractivity contribution in [1.29, 1.82) is 5.26 Å². The minimum atomic E-state index is -0.546. The van der Waals surface area contributed by atoms with Crippen LogP contribution in [0.15, 0.2) is 186 Å². The Balaban J connectivity index is 0.000000290. The van der Waals surface area contributed by atoms with Crippen LogP contribution in [0.25, 0.3) is 11.6 Å². The lowest BCUT2D eigenvalue weighted by Crippen LogP contribution is -2.21. The third-order valence-electron chi connectivity index (χ3n) is 17.0. The summed E-state index contributed by atoms with van der Waals surface area (Å²) in [4.78, 5) is 55.6. The van der Waals surface area contributed by atoms with Crippen molar-refractivity contribution in [2.45, 2.75) is 191 Å². The number of aromatic hydroxyl groups is 1. The Labute approximate surface area is 604 Å². The van der Waals surface area contributed by atoms with Gasteiger partial charge < -0.3 is 33.7 Å². The number of unbranched alkanes of at least 4 members (excludes halogenated alkanes) is 2. The molecule has 0 saturated heterocycles. The molecular formula is C88H113N3O10. The number of esters is 4. The van der Waals surface area contributed by atoms with Crippen LogP contribution in [0.5, 0.6) is 17.2 Å². The molecule has 0 heterocycles. The van der Waals surface area contributed by atoms with Gasteiger partial charge in [-0.05, 0) is 148 Å². The first-order valence-electron chi connectivity index (χ1n) is 35.6. The molecule has 540 valence electrons. The van der Waals surface area contributed by atoms with E-state index in [1.807, 2.05) is 181 Å². The summed E-state index contributed by atoms with van der Waals surface area (Å²) in [5, 5.41) is 20.7. The number of carbonyl (C=O) groups is 4. The number of carbonyl (C=O) groups excluding carboxylic acids is 4. The highest BCUT2D eigenvalue weighted by atomic mass is 16.5. The molecule has 0 aliphatic rings. The van der Waals surface area contributed by atoms with Gasteiger partial charge >= 0.3 is 23.9 Å². The van der Waals surface area contributed by atoms with Crippen molar-refractivity contribution in [2.75, 3.05) is 38.9 Å². The third-order valence-corrected chi connectivity index (χ3v) is 17.0. The summed E-state index contributed by atoms with van der Waals surface area (Å²) < 4.78 is 26.9. The number of para-hydroxylation sites is 1. The molecule has 0 aromatic heterocycles. The summed E-state index contributed by atoms with van der Waals surface area (Å²) in [5.41, 5.74) is 9.00. The second kappa shape index (κ2) is 41.3. The quantitative estimate of drug-likeness (QED) is 0.0109. The molecule has 101 heavy (non-hydrogen) atoms. The van der Waals surface area contributed by atoms with Crippen LogP contribution in [-0.2, 0) is 45.5 Å². The molecule has 2 atom stereocenters. The largest absolute Gasteiger partial charge is 0.507 e. The van der Waals surface area contributed by atoms with E-state index in [9.17, 15) is 29.5 Å². The van der Waals surface area contributed by atoms with Crippen LogP contribution >= 0.6 is 0 Å². The number of rotatable bonds is 25. The zero-order chi connectivity index (χ0) is 74.9. The highest BCUT2D eigenvalue weighted by Crippen LogP contribution is 2.41. The molecule has 13 heteroatoms. The number of aliphatic imine (C=N–C) groups is 1. The summed E-state index contributed by atoms with van der Waals surface area (Å²) in [6, 6.07) is 55.3. The Morgan fingerprint density at radius 2 is 1.05 bits per heavy atom. The normalized spacial score (nSPS) is 12.0. The molecule has 7 aromatic carbocycles. The molecule has 0 fully saturated rings. The Bertz CT molecular complexity index is 3740. The molecule has 13 nitrogen and oxygen atoms in total. The number of benzene rings is 7. The van der Waals surface area contributed by atoms with Crippen LogP contribution in [0.2, 0.25) is 0 Å². The highest BCUT2D eigenvalue weighted by molar-refractivity contribution is 6.05. The van der Waals surface area contributed by atoms with E-state index in [1.165, 1.54) is 24.5 Å². The fourth-order valence-electron chi connectivity index (χ4n) is 10.6. The van der Waals surface area contributed by atoms with Crippen LogP contribution in [0.3, 0.4) is 0 Å². The van der Waals surface area contributed by atoms with Crippen molar-refractivity contribution in [2.24, 2.45) is 16.8 Å². The summed E-state index contributed by atoms with van der Waals surface area (Å²) in [5.74, 6) is 0.912. The lowest BCUT2D eigenvalue weighted by Gasteiger charge is -2.28. The Morgan fingerprint density at radius 1 is 0.554 bits per heavy atom. The van der Waals surface area contributed by atoms with Gasteiger partial charge in [0.2, 0.25) is 0 Å². The van der Waals surface area contributed by atoms with E-state index in [0.29, 0.717) is 54.1 Å². The predicted molar refractivity (Wildman–Crippen MR) is 415 cm³/mol. The van der Waals surface area contributed by atoms with Crippen molar-refractivity contribution in [3.63, 3.8) is 0 Å². The van der Waals surface area contributed by atoms with Gasteiger partial charge in [-0.15, -0.1) is 0 Å². The first kappa shape index (κ1) is 83.9. The average Bonchev–Trinajstić information content (AvgIpc) is 0.771. The van der Waals surface area contributed by atoms with Crippen molar-refractivity contribution in [3.8, 4) is 23.3 Å². The fourth-order valence-corrected chi connectivity index (χ4v) is 10.6. The molecule has 0 saturated carbocycles. The number of ether oxygens (including phenoxy) is 5. The number of nitrogens with zero attached hydrogens (tertiary/aromatic N) is 3. The highest BCUT2D eigenvalue weighted by Gasteiger charge is 2.30. The van der Waals surface area contributed by atoms with E-state index in [1.54, 1.807) is 62.8 Å². The molecule has 0 aliphatic heterocycles. The second-order valence-corrected chi connectivity index (χ2v) is 29.2. The number of phenols is 1. The standard InChI is InChI=1S/C29H42O3.C24H27NO2.C18H26O3.C17H18N2O2/c1-26(2,3)19-13-14-23(20(17-19)27(4,5)6)32-25(31)18-15-21(28(7,8)9)24(30)22(16-18)29(10,11)12;1-3-5-12-19(4-2)18-27-24(26)22(17-25)23(20-13-8-6-9-14-20)21-15-10-7-11-16-21;1-4-6-7-15(5-2)14-21-18(19)13-10-16-8-11-17(20-3)12-9-16;1-3-21-17(20)14-9-11-15(12-10-14)18-13-19(2)16-7-5-4-6-8-16/h13-17,30H,1-12H3;6-11,13-16,19H,3-5,12,18H2,1-2H3;8-13,15H,4-7,14H2,1-3H3;4-13H,3H2,1-2H3/b;;13-10-;. The smallest absolute Gasteiger partial charge is 0.349 e. The monoisotopic (exact) mass is 1370 g/mol. The number of anilines is 1. The summed E-state index contributed by atoms with van der Waals surface area (Å²) in [6.45, 7) is 36.7.